The standard InChI is InChI=1S/C11H20N2O/c1-12-6-2-3-11(14)13-8-9-4-5-10(13)7-9/h9-10,12H,2-8H2,1H3. The Labute approximate surface area is 85.8 Å². The summed E-state index contributed by atoms with van der Waals surface area (Å²) < 4.78 is 0. The molecule has 0 radical (unpaired) electrons. The molecule has 1 N–H and O–H groups in total. The Kier molecular flexibility index (Phi) is 3.06. The van der Waals surface area contributed by atoms with Gasteiger partial charge >= 0.3 is 0 Å². The van der Waals surface area contributed by atoms with E-state index in [1.807, 2.05) is 7.05 Å². The average molecular weight is 196 g/mol. The van der Waals surface area contributed by atoms with Crippen LogP contribution < -0.4 is 5.32 Å². The van der Waals surface area contributed by atoms with Crippen LogP contribution in [0.25, 0.3) is 0 Å². The maximum absolute atomic E-state index is 11.8. The summed E-state index contributed by atoms with van der Waals surface area (Å²) in [7, 11) is 1.93. The highest BCUT2D eigenvalue weighted by atomic mass is 16.2. The van der Waals surface area contributed by atoms with E-state index in [1.54, 1.807) is 0 Å². The fourth-order valence-corrected chi connectivity index (χ4v) is 2.79. The highest BCUT2D eigenvalue weighted by molar-refractivity contribution is 5.77. The number of carbonyl (C=O) groups is 1. The molecular formula is C11H20N2O. The highest BCUT2D eigenvalue weighted by Crippen LogP contribution is 2.37. The molecule has 1 saturated heterocycles. The highest BCUT2D eigenvalue weighted by Gasteiger charge is 2.39. The van der Waals surface area contributed by atoms with Crippen molar-refractivity contribution in [1.82, 2.24) is 10.2 Å². The Morgan fingerprint density at radius 2 is 2.36 bits per heavy atom. The van der Waals surface area contributed by atoms with Crippen molar-refractivity contribution < 1.29 is 4.79 Å². The van der Waals surface area contributed by atoms with Gasteiger partial charge in [-0.2, -0.15) is 0 Å². The first-order valence-electron chi connectivity index (χ1n) is 5.75. The molecule has 0 spiro atoms. The monoisotopic (exact) mass is 196 g/mol. The van der Waals surface area contributed by atoms with Gasteiger partial charge in [0.05, 0.1) is 0 Å². The molecule has 80 valence electrons. The molecule has 0 aromatic carbocycles. The van der Waals surface area contributed by atoms with Gasteiger partial charge in [-0.05, 0) is 45.2 Å². The second kappa shape index (κ2) is 4.30. The molecule has 2 unspecified atom stereocenters. The molecule has 1 amide bonds. The summed E-state index contributed by atoms with van der Waals surface area (Å²) in [5.74, 6) is 1.21. The normalized spacial score (nSPS) is 29.9. The van der Waals surface area contributed by atoms with Gasteiger partial charge in [-0.1, -0.05) is 0 Å². The van der Waals surface area contributed by atoms with Gasteiger partial charge in [-0.15, -0.1) is 0 Å². The lowest BCUT2D eigenvalue weighted by atomic mass is 10.1. The Hall–Kier alpha value is -0.570. The van der Waals surface area contributed by atoms with E-state index in [0.29, 0.717) is 11.9 Å². The van der Waals surface area contributed by atoms with Gasteiger partial charge in [-0.25, -0.2) is 0 Å². The number of hydrogen-bond acceptors (Lipinski definition) is 2. The average Bonchev–Trinajstić information content (AvgIpc) is 2.79. The number of piperidine rings is 1. The summed E-state index contributed by atoms with van der Waals surface area (Å²) >= 11 is 0. The van der Waals surface area contributed by atoms with Crippen molar-refractivity contribution in [3.8, 4) is 0 Å². The lowest BCUT2D eigenvalue weighted by molar-refractivity contribution is -0.132. The van der Waals surface area contributed by atoms with Crippen molar-refractivity contribution in [2.75, 3.05) is 20.1 Å². The maximum Gasteiger partial charge on any atom is 0.222 e. The second-order valence-corrected chi connectivity index (χ2v) is 4.59. The zero-order valence-corrected chi connectivity index (χ0v) is 8.96. The van der Waals surface area contributed by atoms with E-state index in [0.717, 1.165) is 31.8 Å². The maximum atomic E-state index is 11.8. The molecule has 1 aliphatic carbocycles. The quantitative estimate of drug-likeness (QED) is 0.680. The molecule has 2 rings (SSSR count). The lowest BCUT2D eigenvalue weighted by Gasteiger charge is -2.27. The molecule has 1 heterocycles. The fraction of sp³-hybridized carbons (Fsp3) is 0.909. The number of nitrogens with one attached hydrogen (secondary N) is 1. The molecule has 1 saturated carbocycles. The number of hydrogen-bond donors (Lipinski definition) is 1. The molecule has 0 aromatic rings. The van der Waals surface area contributed by atoms with E-state index in [2.05, 4.69) is 10.2 Å². The smallest absolute Gasteiger partial charge is 0.222 e. The van der Waals surface area contributed by atoms with Crippen LogP contribution >= 0.6 is 0 Å². The Balaban J connectivity index is 1.75. The van der Waals surface area contributed by atoms with Crippen molar-refractivity contribution in [2.24, 2.45) is 5.92 Å². The van der Waals surface area contributed by atoms with Crippen LogP contribution in [0.4, 0.5) is 0 Å². The predicted molar refractivity (Wildman–Crippen MR) is 56.0 cm³/mol. The van der Waals surface area contributed by atoms with Gasteiger partial charge in [0, 0.05) is 19.0 Å². The number of amides is 1. The fourth-order valence-electron chi connectivity index (χ4n) is 2.79. The number of nitrogens with zero attached hydrogens (tertiary/aromatic N) is 1. The number of rotatable bonds is 4. The first-order valence-corrected chi connectivity index (χ1v) is 5.75. The first-order chi connectivity index (χ1) is 6.81. The Bertz CT molecular complexity index is 217. The Morgan fingerprint density at radius 1 is 1.50 bits per heavy atom. The third-order valence-corrected chi connectivity index (χ3v) is 3.55. The van der Waals surface area contributed by atoms with E-state index in [4.69, 9.17) is 0 Å². The first kappa shape index (κ1) is 9.97. The van der Waals surface area contributed by atoms with E-state index >= 15 is 0 Å². The minimum absolute atomic E-state index is 0.382. The molecular weight excluding hydrogens is 176 g/mol. The van der Waals surface area contributed by atoms with Crippen molar-refractivity contribution in [3.05, 3.63) is 0 Å². The van der Waals surface area contributed by atoms with Crippen LogP contribution in [0.2, 0.25) is 0 Å². The van der Waals surface area contributed by atoms with Crippen molar-refractivity contribution >= 4 is 5.91 Å². The van der Waals surface area contributed by atoms with Gasteiger partial charge in [0.1, 0.15) is 0 Å². The van der Waals surface area contributed by atoms with Crippen LogP contribution in [0.3, 0.4) is 0 Å². The molecule has 0 aromatic heterocycles. The van der Waals surface area contributed by atoms with E-state index < -0.39 is 0 Å². The molecule has 2 aliphatic rings. The third kappa shape index (κ3) is 1.92. The summed E-state index contributed by atoms with van der Waals surface area (Å²) in [5, 5.41) is 3.08. The Morgan fingerprint density at radius 3 is 2.93 bits per heavy atom. The van der Waals surface area contributed by atoms with Gasteiger partial charge in [0.25, 0.3) is 0 Å². The topological polar surface area (TPSA) is 32.3 Å². The summed E-state index contributed by atoms with van der Waals surface area (Å²) in [4.78, 5) is 13.9. The van der Waals surface area contributed by atoms with Crippen molar-refractivity contribution in [1.29, 1.82) is 0 Å². The van der Waals surface area contributed by atoms with Crippen LogP contribution in [-0.4, -0.2) is 37.0 Å². The molecule has 3 nitrogen and oxygen atoms in total. The predicted octanol–water partition coefficient (Wildman–Crippen LogP) is 0.997. The molecule has 2 atom stereocenters. The van der Waals surface area contributed by atoms with Crippen molar-refractivity contribution in [2.45, 2.75) is 38.1 Å². The van der Waals surface area contributed by atoms with E-state index in [9.17, 15) is 4.79 Å². The largest absolute Gasteiger partial charge is 0.339 e. The van der Waals surface area contributed by atoms with Gasteiger partial charge in [0.2, 0.25) is 5.91 Å². The number of likely N-dealkylation sites (tertiary alicyclic amines) is 1. The summed E-state index contributed by atoms with van der Waals surface area (Å²) in [6.07, 6.45) is 5.58. The van der Waals surface area contributed by atoms with Crippen LogP contribution in [0.5, 0.6) is 0 Å². The van der Waals surface area contributed by atoms with Gasteiger partial charge in [-0.3, -0.25) is 4.79 Å². The SMILES string of the molecule is CNCCCC(=O)N1CC2CCC1C2. The molecule has 2 fully saturated rings. The molecule has 3 heteroatoms. The summed E-state index contributed by atoms with van der Waals surface area (Å²) in [5.41, 5.74) is 0. The number of carbonyl (C=O) groups excluding carboxylic acids is 1. The number of fused-ring (bicyclic) bond motifs is 2. The van der Waals surface area contributed by atoms with E-state index in [1.165, 1.54) is 19.3 Å². The van der Waals surface area contributed by atoms with Crippen LogP contribution in [0, 0.1) is 5.92 Å². The molecule has 1 aliphatic heterocycles. The van der Waals surface area contributed by atoms with Crippen molar-refractivity contribution in [3.63, 3.8) is 0 Å². The minimum Gasteiger partial charge on any atom is -0.339 e. The summed E-state index contributed by atoms with van der Waals surface area (Å²) in [6, 6.07) is 0.599. The molecule has 14 heavy (non-hydrogen) atoms. The minimum atomic E-state index is 0.382. The summed E-state index contributed by atoms with van der Waals surface area (Å²) in [6.45, 7) is 2.00. The van der Waals surface area contributed by atoms with E-state index in [-0.39, 0.29) is 0 Å². The zero-order chi connectivity index (χ0) is 9.97. The molecule has 2 bridgehead atoms. The van der Waals surface area contributed by atoms with Gasteiger partial charge in [0.15, 0.2) is 0 Å². The third-order valence-electron chi connectivity index (χ3n) is 3.55. The zero-order valence-electron chi connectivity index (χ0n) is 8.96. The lowest BCUT2D eigenvalue weighted by Crippen LogP contribution is -2.37. The van der Waals surface area contributed by atoms with Crippen LogP contribution in [-0.2, 0) is 4.79 Å². The van der Waals surface area contributed by atoms with Crippen LogP contribution in [0.1, 0.15) is 32.1 Å². The van der Waals surface area contributed by atoms with Gasteiger partial charge < -0.3 is 10.2 Å². The van der Waals surface area contributed by atoms with Crippen LogP contribution in [0.15, 0.2) is 0 Å². The second-order valence-electron chi connectivity index (χ2n) is 4.59.